The molecule has 3 aliphatic heterocycles. The van der Waals surface area contributed by atoms with Crippen LogP contribution in [0.3, 0.4) is 0 Å². The molecule has 0 aromatic heterocycles. The molecule has 3 saturated heterocycles. The first-order valence-corrected chi connectivity index (χ1v) is 17.3. The van der Waals surface area contributed by atoms with Gasteiger partial charge in [-0.15, -0.1) is 0 Å². The molecule has 2 N–H and O–H groups in total. The van der Waals surface area contributed by atoms with Crippen LogP contribution in [0, 0.1) is 11.8 Å². The second-order valence-electron chi connectivity index (χ2n) is 13.8. The van der Waals surface area contributed by atoms with Crippen LogP contribution in [0.2, 0.25) is 0 Å². The fraction of sp³-hybridized carbons (Fsp3) is 0.647. The van der Waals surface area contributed by atoms with Gasteiger partial charge >= 0.3 is 18.1 Å². The van der Waals surface area contributed by atoms with Crippen LogP contribution in [-0.2, 0) is 19.1 Å². The van der Waals surface area contributed by atoms with Crippen LogP contribution in [0.1, 0.15) is 61.3 Å². The zero-order valence-electron chi connectivity index (χ0n) is 29.5. The molecule has 0 radical (unpaired) electrons. The zero-order valence-corrected chi connectivity index (χ0v) is 29.5. The number of alkyl halides is 5. The molecule has 1 unspecified atom stereocenters. The van der Waals surface area contributed by atoms with E-state index in [1.165, 1.54) is 38.1 Å². The minimum atomic E-state index is -6.12. The fourth-order valence-corrected chi connectivity index (χ4v) is 6.61. The summed E-state index contributed by atoms with van der Waals surface area (Å²) in [5.74, 6) is -12.5. The van der Waals surface area contributed by atoms with E-state index in [0.29, 0.717) is 58.0 Å². The minimum absolute atomic E-state index is 0.000771. The van der Waals surface area contributed by atoms with Crippen molar-refractivity contribution in [3.63, 3.8) is 0 Å². The molecular formula is C34H45F5N6O7. The normalized spacial score (nSPS) is 20.1. The van der Waals surface area contributed by atoms with E-state index >= 15 is 0 Å². The molecule has 0 aliphatic carbocycles. The first-order chi connectivity index (χ1) is 24.3. The molecule has 1 aromatic rings. The Morgan fingerprint density at radius 1 is 0.750 bits per heavy atom. The Labute approximate surface area is 298 Å². The lowest BCUT2D eigenvalue weighted by atomic mass is 9.93. The number of likely N-dealkylation sites (tertiary alicyclic amines) is 1. The van der Waals surface area contributed by atoms with Gasteiger partial charge in [0.15, 0.2) is 0 Å². The van der Waals surface area contributed by atoms with Gasteiger partial charge in [0.1, 0.15) is 6.04 Å². The highest BCUT2D eigenvalue weighted by Crippen LogP contribution is 2.39. The second kappa shape index (κ2) is 16.7. The first-order valence-electron chi connectivity index (χ1n) is 17.3. The van der Waals surface area contributed by atoms with Crippen molar-refractivity contribution in [2.45, 2.75) is 70.8 Å². The van der Waals surface area contributed by atoms with Crippen LogP contribution in [0.25, 0.3) is 0 Å². The summed E-state index contributed by atoms with van der Waals surface area (Å²) in [6.45, 7) is 9.04. The summed E-state index contributed by atoms with van der Waals surface area (Å²) in [6.07, 6.45) is -5.92. The van der Waals surface area contributed by atoms with Crippen molar-refractivity contribution < 1.29 is 55.5 Å². The Hall–Kier alpha value is -4.19. The van der Waals surface area contributed by atoms with Crippen LogP contribution >= 0.6 is 0 Å². The molecule has 3 heterocycles. The predicted molar refractivity (Wildman–Crippen MR) is 175 cm³/mol. The summed E-state index contributed by atoms with van der Waals surface area (Å²) in [4.78, 5) is 84.1. The lowest BCUT2D eigenvalue weighted by Crippen LogP contribution is -2.60. The second-order valence-corrected chi connectivity index (χ2v) is 13.8. The third-order valence-electron chi connectivity index (χ3n) is 9.51. The van der Waals surface area contributed by atoms with Gasteiger partial charge in [0.2, 0.25) is 17.6 Å². The van der Waals surface area contributed by atoms with Gasteiger partial charge in [-0.3, -0.25) is 34.2 Å². The number of halogens is 5. The van der Waals surface area contributed by atoms with Crippen molar-refractivity contribution in [1.29, 1.82) is 0 Å². The Morgan fingerprint density at radius 2 is 1.29 bits per heavy atom. The van der Waals surface area contributed by atoms with E-state index < -0.39 is 65.6 Å². The van der Waals surface area contributed by atoms with Crippen molar-refractivity contribution in [2.24, 2.45) is 11.8 Å². The average molecular weight is 745 g/mol. The number of carbonyl (C=O) groups excluding carboxylic acids is 6. The standard InChI is InChI=1S/C34H45F5N6O7/c1-20(2)25(30(49)41-29(48)24-6-5-11-45(24)26(21(3)4)27(46)33(35,36)34(37,38)39)40-28(47)22-7-9-23(10-8-22)31(50)42-12-14-43(15-13-42)32(51)44-16-18-52-19-17-44/h7-10,20-21,24-26H,5-6,11-19H2,1-4H3,(H,40,47)(H,41,48,49)/t24-,25-,26?/m0/s1. The smallest absolute Gasteiger partial charge is 0.378 e. The molecule has 3 atom stereocenters. The van der Waals surface area contributed by atoms with Gasteiger partial charge in [0, 0.05) is 50.4 Å². The number of hydrogen-bond donors (Lipinski definition) is 2. The minimum Gasteiger partial charge on any atom is -0.378 e. The molecule has 4 rings (SSSR count). The van der Waals surface area contributed by atoms with E-state index in [9.17, 15) is 50.7 Å². The van der Waals surface area contributed by atoms with Crippen LogP contribution in [0.5, 0.6) is 0 Å². The van der Waals surface area contributed by atoms with E-state index in [0.717, 1.165) is 4.90 Å². The number of ether oxygens (including phenoxy) is 1. The van der Waals surface area contributed by atoms with Crippen LogP contribution in [0.15, 0.2) is 24.3 Å². The van der Waals surface area contributed by atoms with Gasteiger partial charge in [-0.25, -0.2) is 4.79 Å². The molecule has 6 amide bonds. The quantitative estimate of drug-likeness (QED) is 0.348. The highest BCUT2D eigenvalue weighted by molar-refractivity contribution is 6.04. The number of nitrogens with zero attached hydrogens (tertiary/aromatic N) is 4. The number of urea groups is 1. The van der Waals surface area contributed by atoms with Gasteiger partial charge in [-0.2, -0.15) is 22.0 Å². The van der Waals surface area contributed by atoms with Gasteiger partial charge in [0.05, 0.1) is 25.3 Å². The highest BCUT2D eigenvalue weighted by Gasteiger charge is 2.65. The number of carbonyl (C=O) groups is 6. The Kier molecular flexibility index (Phi) is 13.0. The molecule has 0 spiro atoms. The average Bonchev–Trinajstić information content (AvgIpc) is 3.59. The molecule has 3 fully saturated rings. The maximum absolute atomic E-state index is 14.1. The van der Waals surface area contributed by atoms with Gasteiger partial charge in [0.25, 0.3) is 11.8 Å². The van der Waals surface area contributed by atoms with Crippen molar-refractivity contribution in [3.05, 3.63) is 35.4 Å². The zero-order chi connectivity index (χ0) is 38.5. The Morgan fingerprint density at radius 3 is 1.83 bits per heavy atom. The third kappa shape index (κ3) is 9.05. The number of morpholine rings is 1. The fourth-order valence-electron chi connectivity index (χ4n) is 6.61. The number of hydrogen-bond acceptors (Lipinski definition) is 8. The van der Waals surface area contributed by atoms with Crippen molar-refractivity contribution in [2.75, 3.05) is 59.0 Å². The van der Waals surface area contributed by atoms with Crippen LogP contribution in [-0.4, -0.2) is 144 Å². The number of rotatable bonds is 10. The Bertz CT molecular complexity index is 1490. The number of amides is 6. The highest BCUT2D eigenvalue weighted by atomic mass is 19.4. The summed E-state index contributed by atoms with van der Waals surface area (Å²) in [5, 5.41) is 4.69. The van der Waals surface area contributed by atoms with E-state index in [2.05, 4.69) is 10.6 Å². The van der Waals surface area contributed by atoms with Crippen LogP contribution < -0.4 is 10.6 Å². The first kappa shape index (κ1) is 40.6. The van der Waals surface area contributed by atoms with E-state index in [1.54, 1.807) is 28.5 Å². The largest absolute Gasteiger partial charge is 0.461 e. The topological polar surface area (TPSA) is 149 Å². The number of Topliss-reactive ketones (excluding diaryl/α,β-unsaturated/α-hetero) is 1. The third-order valence-corrected chi connectivity index (χ3v) is 9.51. The summed E-state index contributed by atoms with van der Waals surface area (Å²) in [5.41, 5.74) is 0.411. The summed E-state index contributed by atoms with van der Waals surface area (Å²) >= 11 is 0. The molecule has 288 valence electrons. The molecule has 1 aromatic carbocycles. The van der Waals surface area contributed by atoms with Gasteiger partial charge in [-0.05, 0) is 55.5 Å². The lowest BCUT2D eigenvalue weighted by Gasteiger charge is -2.38. The number of nitrogens with one attached hydrogen (secondary N) is 2. The molecule has 0 bridgehead atoms. The molecular weight excluding hydrogens is 699 g/mol. The van der Waals surface area contributed by atoms with E-state index in [4.69, 9.17) is 4.74 Å². The van der Waals surface area contributed by atoms with Gasteiger partial charge < -0.3 is 24.8 Å². The SMILES string of the molecule is CC(C)C(C(=O)C(F)(F)C(F)(F)F)N1CCC[C@H]1C(=O)NC(=O)[C@@H](NC(=O)c1ccc(C(=O)N2CCN(C(=O)N3CCOCC3)CC2)cc1)C(C)C. The molecule has 52 heavy (non-hydrogen) atoms. The molecule has 13 nitrogen and oxygen atoms in total. The van der Waals surface area contributed by atoms with Crippen molar-refractivity contribution in [1.82, 2.24) is 30.2 Å². The lowest BCUT2D eigenvalue weighted by molar-refractivity contribution is -0.271. The van der Waals surface area contributed by atoms with Gasteiger partial charge in [-0.1, -0.05) is 27.7 Å². The van der Waals surface area contributed by atoms with Crippen LogP contribution in [0.4, 0.5) is 26.7 Å². The molecule has 18 heteroatoms. The predicted octanol–water partition coefficient (Wildman–Crippen LogP) is 2.55. The summed E-state index contributed by atoms with van der Waals surface area (Å²) in [6, 6.07) is 1.07. The summed E-state index contributed by atoms with van der Waals surface area (Å²) in [7, 11) is 0. The molecule has 3 aliphatic rings. The number of imide groups is 1. The number of benzene rings is 1. The summed E-state index contributed by atoms with van der Waals surface area (Å²) < 4.78 is 72.6. The molecule has 0 saturated carbocycles. The van der Waals surface area contributed by atoms with Crippen molar-refractivity contribution in [3.8, 4) is 0 Å². The van der Waals surface area contributed by atoms with E-state index in [-0.39, 0.29) is 36.9 Å². The monoisotopic (exact) mass is 744 g/mol. The maximum atomic E-state index is 14.1. The number of ketones is 1. The Balaban J connectivity index is 1.35. The number of piperazine rings is 1. The van der Waals surface area contributed by atoms with Crippen molar-refractivity contribution >= 4 is 35.4 Å². The maximum Gasteiger partial charge on any atom is 0.461 e. The van der Waals surface area contributed by atoms with E-state index in [1.807, 2.05) is 0 Å².